The molecule has 0 aliphatic carbocycles. The van der Waals surface area contributed by atoms with Crippen LogP contribution in [-0.2, 0) is 11.3 Å². The Morgan fingerprint density at radius 1 is 1.17 bits per heavy atom. The fourth-order valence-corrected chi connectivity index (χ4v) is 2.73. The zero-order valence-electron chi connectivity index (χ0n) is 14.1. The van der Waals surface area contributed by atoms with Crippen molar-refractivity contribution in [3.8, 4) is 11.1 Å². The minimum atomic E-state index is -0.812. The Morgan fingerprint density at radius 2 is 1.83 bits per heavy atom. The van der Waals surface area contributed by atoms with Gasteiger partial charge in [-0.05, 0) is 42.2 Å². The average Bonchev–Trinajstić information content (AvgIpc) is 2.60. The van der Waals surface area contributed by atoms with Crippen molar-refractivity contribution in [1.82, 2.24) is 10.3 Å². The molecule has 0 aliphatic rings. The number of nitrogens with one attached hydrogen (secondary N) is 1. The maximum atomic E-state index is 14.3. The molecule has 0 aliphatic heterocycles. The number of hydrogen-bond donors (Lipinski definition) is 2. The van der Waals surface area contributed by atoms with Crippen molar-refractivity contribution in [2.24, 2.45) is 5.41 Å². The molecule has 2 N–H and O–H groups in total. The van der Waals surface area contributed by atoms with E-state index in [-0.39, 0.29) is 5.82 Å². The number of hydrogen-bond acceptors (Lipinski definition) is 3. The van der Waals surface area contributed by atoms with Gasteiger partial charge in [0.05, 0.1) is 5.41 Å². The molecule has 0 spiro atoms. The fourth-order valence-electron chi connectivity index (χ4n) is 2.73. The van der Waals surface area contributed by atoms with Crippen LogP contribution in [0.15, 0.2) is 42.7 Å². The van der Waals surface area contributed by atoms with E-state index >= 15 is 0 Å². The highest BCUT2D eigenvalue weighted by atomic mass is 19.1. The molecule has 1 aromatic carbocycles. The topological polar surface area (TPSA) is 62.2 Å². The van der Waals surface area contributed by atoms with E-state index < -0.39 is 11.4 Å². The first-order valence-electron chi connectivity index (χ1n) is 8.15. The number of rotatable bonds is 8. The molecule has 0 amide bonds. The first kappa shape index (κ1) is 18.1. The summed E-state index contributed by atoms with van der Waals surface area (Å²) in [5, 5.41) is 12.5. The lowest BCUT2D eigenvalue weighted by Crippen LogP contribution is -2.40. The van der Waals surface area contributed by atoms with Crippen molar-refractivity contribution in [3.63, 3.8) is 0 Å². The van der Waals surface area contributed by atoms with Crippen molar-refractivity contribution in [2.45, 2.75) is 33.2 Å². The second-order valence-corrected chi connectivity index (χ2v) is 5.94. The molecule has 0 saturated carbocycles. The van der Waals surface area contributed by atoms with Crippen LogP contribution in [0.3, 0.4) is 0 Å². The number of halogens is 1. The third-order valence-electron chi connectivity index (χ3n) is 4.65. The third-order valence-corrected chi connectivity index (χ3v) is 4.65. The van der Waals surface area contributed by atoms with Crippen LogP contribution >= 0.6 is 0 Å². The molecule has 0 saturated heterocycles. The number of aromatic nitrogens is 1. The number of benzene rings is 1. The van der Waals surface area contributed by atoms with Crippen LogP contribution in [0.5, 0.6) is 0 Å². The predicted octanol–water partition coefficient (Wildman–Crippen LogP) is 3.87. The van der Waals surface area contributed by atoms with Gasteiger partial charge in [-0.1, -0.05) is 26.0 Å². The lowest BCUT2D eigenvalue weighted by Gasteiger charge is -2.27. The van der Waals surface area contributed by atoms with E-state index in [0.29, 0.717) is 31.5 Å². The zero-order chi connectivity index (χ0) is 17.6. The van der Waals surface area contributed by atoms with Crippen molar-refractivity contribution < 1.29 is 14.3 Å². The molecule has 2 aromatic rings. The van der Waals surface area contributed by atoms with Crippen molar-refractivity contribution >= 4 is 5.97 Å². The number of aliphatic carboxylic acids is 1. The molecule has 0 bridgehead atoms. The van der Waals surface area contributed by atoms with Gasteiger partial charge in [0.15, 0.2) is 0 Å². The Hall–Kier alpha value is -2.27. The van der Waals surface area contributed by atoms with Gasteiger partial charge in [-0.25, -0.2) is 4.39 Å². The number of carbonyl (C=O) groups is 1. The van der Waals surface area contributed by atoms with E-state index in [1.54, 1.807) is 18.5 Å². The second-order valence-electron chi connectivity index (χ2n) is 5.94. The second kappa shape index (κ2) is 8.02. The van der Waals surface area contributed by atoms with Gasteiger partial charge in [-0.15, -0.1) is 0 Å². The van der Waals surface area contributed by atoms with Crippen LogP contribution in [0, 0.1) is 11.2 Å². The molecule has 0 radical (unpaired) electrons. The Balaban J connectivity index is 2.05. The summed E-state index contributed by atoms with van der Waals surface area (Å²) in [5.41, 5.74) is 1.43. The summed E-state index contributed by atoms with van der Waals surface area (Å²) < 4.78 is 14.3. The van der Waals surface area contributed by atoms with Crippen LogP contribution in [-0.4, -0.2) is 22.6 Å². The number of nitrogens with zero attached hydrogens (tertiary/aromatic N) is 1. The smallest absolute Gasteiger partial charge is 0.310 e. The van der Waals surface area contributed by atoms with E-state index in [1.807, 2.05) is 32.0 Å². The van der Waals surface area contributed by atoms with Gasteiger partial charge < -0.3 is 10.4 Å². The predicted molar refractivity (Wildman–Crippen MR) is 92.0 cm³/mol. The highest BCUT2D eigenvalue weighted by molar-refractivity contribution is 5.74. The summed E-state index contributed by atoms with van der Waals surface area (Å²) in [4.78, 5) is 15.4. The molecule has 2 rings (SSSR count). The monoisotopic (exact) mass is 330 g/mol. The lowest BCUT2D eigenvalue weighted by molar-refractivity contribution is -0.149. The quantitative estimate of drug-likeness (QED) is 0.771. The highest BCUT2D eigenvalue weighted by Gasteiger charge is 2.34. The first-order chi connectivity index (χ1) is 11.5. The minimum absolute atomic E-state index is 0.300. The number of carboxylic acids is 1. The van der Waals surface area contributed by atoms with Gasteiger partial charge in [0.2, 0.25) is 0 Å². The molecule has 0 unspecified atom stereocenters. The number of carboxylic acid groups (broad SMARTS) is 1. The Bertz CT molecular complexity index is 685. The third kappa shape index (κ3) is 3.97. The molecular weight excluding hydrogens is 307 g/mol. The SMILES string of the molecule is CCC(CC)(CNCc1ccc(-c2ccncc2)cc1F)C(=O)O. The zero-order valence-corrected chi connectivity index (χ0v) is 14.1. The molecule has 0 atom stereocenters. The molecule has 4 nitrogen and oxygen atoms in total. The summed E-state index contributed by atoms with van der Waals surface area (Å²) in [5.74, 6) is -1.11. The highest BCUT2D eigenvalue weighted by Crippen LogP contribution is 2.26. The molecule has 1 aromatic heterocycles. The molecule has 0 fully saturated rings. The van der Waals surface area contributed by atoms with Gasteiger partial charge >= 0.3 is 5.97 Å². The van der Waals surface area contributed by atoms with Gasteiger partial charge in [0, 0.05) is 31.0 Å². The average molecular weight is 330 g/mol. The fraction of sp³-hybridized carbons (Fsp3) is 0.368. The van der Waals surface area contributed by atoms with Crippen LogP contribution in [0.1, 0.15) is 32.3 Å². The maximum absolute atomic E-state index is 14.3. The molecule has 128 valence electrons. The standard InChI is InChI=1S/C19H23FN2O2/c1-3-19(4-2,18(23)24)13-22-12-16-6-5-15(11-17(16)20)14-7-9-21-10-8-14/h5-11,22H,3-4,12-13H2,1-2H3,(H,23,24). The number of pyridine rings is 1. The van der Waals surface area contributed by atoms with Crippen LogP contribution < -0.4 is 5.32 Å². The van der Waals surface area contributed by atoms with Crippen LogP contribution in [0.4, 0.5) is 4.39 Å². The minimum Gasteiger partial charge on any atom is -0.481 e. The van der Waals surface area contributed by atoms with E-state index in [1.165, 1.54) is 6.07 Å². The van der Waals surface area contributed by atoms with Gasteiger partial charge in [-0.2, -0.15) is 0 Å². The van der Waals surface area contributed by atoms with Crippen molar-refractivity contribution in [2.75, 3.05) is 6.54 Å². The first-order valence-corrected chi connectivity index (χ1v) is 8.15. The van der Waals surface area contributed by atoms with Gasteiger partial charge in [0.1, 0.15) is 5.82 Å². The normalized spacial score (nSPS) is 11.5. The van der Waals surface area contributed by atoms with Gasteiger partial charge in [0.25, 0.3) is 0 Å². The lowest BCUT2D eigenvalue weighted by atomic mass is 9.82. The molecule has 1 heterocycles. The summed E-state index contributed by atoms with van der Waals surface area (Å²) in [7, 11) is 0. The summed E-state index contributed by atoms with van der Waals surface area (Å²) in [6.45, 7) is 4.35. The summed E-state index contributed by atoms with van der Waals surface area (Å²) in [6.07, 6.45) is 4.41. The molecule has 5 heteroatoms. The largest absolute Gasteiger partial charge is 0.481 e. The molecule has 24 heavy (non-hydrogen) atoms. The van der Waals surface area contributed by atoms with Gasteiger partial charge in [-0.3, -0.25) is 9.78 Å². The maximum Gasteiger partial charge on any atom is 0.310 e. The Kier molecular flexibility index (Phi) is 6.04. The van der Waals surface area contributed by atoms with E-state index in [9.17, 15) is 14.3 Å². The summed E-state index contributed by atoms with van der Waals surface area (Å²) in [6, 6.07) is 8.75. The van der Waals surface area contributed by atoms with Crippen molar-refractivity contribution in [3.05, 3.63) is 54.1 Å². The van der Waals surface area contributed by atoms with E-state index in [4.69, 9.17) is 0 Å². The molecular formula is C19H23FN2O2. The summed E-state index contributed by atoms with van der Waals surface area (Å²) >= 11 is 0. The van der Waals surface area contributed by atoms with E-state index in [2.05, 4.69) is 10.3 Å². The Labute approximate surface area is 141 Å². The van der Waals surface area contributed by atoms with Crippen LogP contribution in [0.25, 0.3) is 11.1 Å². The Morgan fingerprint density at radius 3 is 2.38 bits per heavy atom. The van der Waals surface area contributed by atoms with Crippen molar-refractivity contribution in [1.29, 1.82) is 0 Å². The van der Waals surface area contributed by atoms with Crippen LogP contribution in [0.2, 0.25) is 0 Å². The van der Waals surface area contributed by atoms with E-state index in [0.717, 1.165) is 11.1 Å².